The second-order valence-corrected chi connectivity index (χ2v) is 7.48. The number of hydrogen-bond donors (Lipinski definition) is 0. The molecule has 4 amide bonds. The third-order valence-corrected chi connectivity index (χ3v) is 4.71. The van der Waals surface area contributed by atoms with Crippen LogP contribution < -0.4 is 0 Å². The Morgan fingerprint density at radius 1 is 1.04 bits per heavy atom. The third kappa shape index (κ3) is 3.57. The summed E-state index contributed by atoms with van der Waals surface area (Å²) in [6.07, 6.45) is 0.991. The van der Waals surface area contributed by atoms with Crippen molar-refractivity contribution in [1.29, 1.82) is 0 Å². The topological polar surface area (TPSA) is 79.7 Å². The molecule has 7 nitrogen and oxygen atoms in total. The van der Waals surface area contributed by atoms with Crippen LogP contribution in [0.15, 0.2) is 6.07 Å². The van der Waals surface area contributed by atoms with E-state index in [4.69, 9.17) is 0 Å². The number of carbonyl (C=O) groups excluding carboxylic acids is 4. The highest BCUT2D eigenvalue weighted by Gasteiger charge is 2.46. The summed E-state index contributed by atoms with van der Waals surface area (Å²) in [5, 5.41) is 0. The molecule has 0 radical (unpaired) electrons. The molecule has 1 aromatic rings. The highest BCUT2D eigenvalue weighted by molar-refractivity contribution is 6.45. The van der Waals surface area contributed by atoms with Gasteiger partial charge in [0.05, 0.1) is 6.54 Å². The first-order valence-corrected chi connectivity index (χ1v) is 8.95. The molecule has 0 N–H and O–H groups in total. The SMILES string of the molecule is Cc1cc(C(=O)CN2C(=O)C(=O)N(C(C)C)C2=O)c(C)n1CCC(C)C. The number of rotatable bonds is 7. The number of aromatic nitrogens is 1. The van der Waals surface area contributed by atoms with Crippen molar-refractivity contribution in [3.05, 3.63) is 23.0 Å². The monoisotopic (exact) mass is 361 g/mol. The van der Waals surface area contributed by atoms with Crippen LogP contribution in [0.2, 0.25) is 0 Å². The average Bonchev–Trinajstić information content (AvgIpc) is 2.93. The summed E-state index contributed by atoms with van der Waals surface area (Å²) in [7, 11) is 0. The number of hydrogen-bond acceptors (Lipinski definition) is 4. The summed E-state index contributed by atoms with van der Waals surface area (Å²) < 4.78 is 2.08. The van der Waals surface area contributed by atoms with Crippen LogP contribution in [0.1, 0.15) is 55.9 Å². The summed E-state index contributed by atoms with van der Waals surface area (Å²) in [4.78, 5) is 50.7. The Labute approximate surface area is 153 Å². The van der Waals surface area contributed by atoms with Crippen LogP contribution in [0, 0.1) is 19.8 Å². The molecule has 1 saturated heterocycles. The summed E-state index contributed by atoms with van der Waals surface area (Å²) in [5.74, 6) is -1.61. The van der Waals surface area contributed by atoms with Gasteiger partial charge in [-0.1, -0.05) is 13.8 Å². The lowest BCUT2D eigenvalue weighted by Gasteiger charge is -2.18. The standard InChI is InChI=1S/C19H27N3O4/c1-11(2)7-8-20-13(5)9-15(14(20)6)16(23)10-21-17(24)18(25)22(12(3)4)19(21)26/h9,11-12H,7-8,10H2,1-6H3. The van der Waals surface area contributed by atoms with E-state index in [1.165, 1.54) is 0 Å². The quantitative estimate of drug-likeness (QED) is 0.425. The van der Waals surface area contributed by atoms with Gasteiger partial charge in [-0.3, -0.25) is 19.3 Å². The molecule has 0 saturated carbocycles. The Hall–Kier alpha value is -2.44. The minimum Gasteiger partial charge on any atom is -0.348 e. The number of carbonyl (C=O) groups is 4. The zero-order chi connectivity index (χ0) is 19.8. The number of nitrogens with zero attached hydrogens (tertiary/aromatic N) is 3. The fraction of sp³-hybridized carbons (Fsp3) is 0.579. The largest absolute Gasteiger partial charge is 0.348 e. The van der Waals surface area contributed by atoms with Crippen molar-refractivity contribution in [3.63, 3.8) is 0 Å². The van der Waals surface area contributed by atoms with E-state index < -0.39 is 30.4 Å². The maximum absolute atomic E-state index is 12.7. The van der Waals surface area contributed by atoms with E-state index in [1.807, 2.05) is 13.8 Å². The molecule has 1 fully saturated rings. The number of imide groups is 2. The van der Waals surface area contributed by atoms with Crippen molar-refractivity contribution in [2.45, 2.75) is 60.5 Å². The molecular formula is C19H27N3O4. The van der Waals surface area contributed by atoms with Crippen LogP contribution in [0.5, 0.6) is 0 Å². The van der Waals surface area contributed by atoms with E-state index >= 15 is 0 Å². The first kappa shape index (κ1) is 19.9. The van der Waals surface area contributed by atoms with Crippen LogP contribution in [-0.2, 0) is 16.1 Å². The van der Waals surface area contributed by atoms with Gasteiger partial charge in [-0.25, -0.2) is 9.69 Å². The fourth-order valence-corrected chi connectivity index (χ4v) is 3.16. The number of urea groups is 1. The van der Waals surface area contributed by atoms with Crippen molar-refractivity contribution in [1.82, 2.24) is 14.4 Å². The maximum Gasteiger partial charge on any atom is 0.334 e. The van der Waals surface area contributed by atoms with Crippen molar-refractivity contribution in [3.8, 4) is 0 Å². The van der Waals surface area contributed by atoms with Crippen LogP contribution in [0.4, 0.5) is 4.79 Å². The molecule has 142 valence electrons. The van der Waals surface area contributed by atoms with E-state index in [0.717, 1.165) is 34.2 Å². The van der Waals surface area contributed by atoms with Crippen molar-refractivity contribution >= 4 is 23.6 Å². The van der Waals surface area contributed by atoms with Gasteiger partial charge in [0.1, 0.15) is 0 Å². The summed E-state index contributed by atoms with van der Waals surface area (Å²) >= 11 is 0. The number of Topliss-reactive ketones (excluding diaryl/α,β-unsaturated/α-hetero) is 1. The van der Waals surface area contributed by atoms with E-state index in [2.05, 4.69) is 18.4 Å². The third-order valence-electron chi connectivity index (χ3n) is 4.71. The van der Waals surface area contributed by atoms with Crippen LogP contribution in [0.3, 0.4) is 0 Å². The van der Waals surface area contributed by atoms with Gasteiger partial charge in [0.15, 0.2) is 5.78 Å². The second kappa shape index (κ2) is 7.43. The van der Waals surface area contributed by atoms with Crippen molar-refractivity contribution < 1.29 is 19.2 Å². The molecule has 7 heteroatoms. The molecular weight excluding hydrogens is 334 g/mol. The van der Waals surface area contributed by atoms with E-state index in [1.54, 1.807) is 19.9 Å². The van der Waals surface area contributed by atoms with Crippen LogP contribution >= 0.6 is 0 Å². The Kier molecular flexibility index (Phi) is 5.68. The summed E-state index contributed by atoms with van der Waals surface area (Å²) in [5.41, 5.74) is 2.27. The Bertz CT molecular complexity index is 761. The van der Waals surface area contributed by atoms with Gasteiger partial charge in [-0.05, 0) is 46.1 Å². The van der Waals surface area contributed by atoms with E-state index in [9.17, 15) is 19.2 Å². The zero-order valence-corrected chi connectivity index (χ0v) is 16.3. The molecule has 1 aliphatic rings. The Balaban J connectivity index is 2.21. The molecule has 0 aliphatic carbocycles. The fourth-order valence-electron chi connectivity index (χ4n) is 3.16. The highest BCUT2D eigenvalue weighted by atomic mass is 16.2. The molecule has 0 atom stereocenters. The maximum atomic E-state index is 12.7. The Morgan fingerprint density at radius 3 is 2.15 bits per heavy atom. The van der Waals surface area contributed by atoms with Crippen LogP contribution in [0.25, 0.3) is 0 Å². The lowest BCUT2D eigenvalue weighted by molar-refractivity contribution is -0.143. The summed E-state index contributed by atoms with van der Waals surface area (Å²) in [6.45, 7) is 11.8. The minimum absolute atomic E-state index is 0.339. The van der Waals surface area contributed by atoms with Gasteiger partial charge >= 0.3 is 17.8 Å². The van der Waals surface area contributed by atoms with E-state index in [-0.39, 0.29) is 5.78 Å². The number of aryl methyl sites for hydroxylation is 1. The molecule has 26 heavy (non-hydrogen) atoms. The van der Waals surface area contributed by atoms with Gasteiger partial charge in [0.25, 0.3) is 0 Å². The molecule has 1 aromatic heterocycles. The van der Waals surface area contributed by atoms with Crippen molar-refractivity contribution in [2.24, 2.45) is 5.92 Å². The minimum atomic E-state index is -0.939. The molecule has 0 aromatic carbocycles. The van der Waals surface area contributed by atoms with Gasteiger partial charge in [0.2, 0.25) is 0 Å². The first-order chi connectivity index (χ1) is 12.1. The number of amides is 4. The van der Waals surface area contributed by atoms with Crippen LogP contribution in [-0.4, -0.2) is 50.6 Å². The Morgan fingerprint density at radius 2 is 1.65 bits per heavy atom. The predicted octanol–water partition coefficient (Wildman–Crippen LogP) is 2.53. The summed E-state index contributed by atoms with van der Waals surface area (Å²) in [6, 6.07) is 0.627. The molecule has 0 bridgehead atoms. The smallest absolute Gasteiger partial charge is 0.334 e. The molecule has 1 aliphatic heterocycles. The number of ketones is 1. The molecule has 2 heterocycles. The average molecular weight is 361 g/mol. The van der Waals surface area contributed by atoms with Crippen molar-refractivity contribution in [2.75, 3.05) is 6.54 Å². The van der Waals surface area contributed by atoms with Gasteiger partial charge in [0, 0.05) is 29.5 Å². The van der Waals surface area contributed by atoms with Gasteiger partial charge in [-0.2, -0.15) is 0 Å². The second-order valence-electron chi connectivity index (χ2n) is 7.48. The highest BCUT2D eigenvalue weighted by Crippen LogP contribution is 2.20. The molecule has 2 rings (SSSR count). The first-order valence-electron chi connectivity index (χ1n) is 8.95. The normalized spacial score (nSPS) is 15.2. The lowest BCUT2D eigenvalue weighted by Crippen LogP contribution is -2.39. The molecule has 0 spiro atoms. The van der Waals surface area contributed by atoms with E-state index in [0.29, 0.717) is 11.5 Å². The predicted molar refractivity (Wildman–Crippen MR) is 96.8 cm³/mol. The lowest BCUT2D eigenvalue weighted by atomic mass is 10.1. The molecule has 0 unspecified atom stereocenters. The van der Waals surface area contributed by atoms with Gasteiger partial charge < -0.3 is 4.57 Å². The van der Waals surface area contributed by atoms with Gasteiger partial charge in [-0.15, -0.1) is 0 Å². The zero-order valence-electron chi connectivity index (χ0n) is 16.3.